The molecule has 11 heteroatoms. The van der Waals surface area contributed by atoms with E-state index in [0.717, 1.165) is 5.56 Å². The average molecular weight is 463 g/mol. The highest BCUT2D eigenvalue weighted by atomic mass is 16.6. The molecule has 1 aromatic carbocycles. The number of benzene rings is 1. The normalized spacial score (nSPS) is 23.9. The third-order valence-electron chi connectivity index (χ3n) is 6.05. The van der Waals surface area contributed by atoms with Crippen LogP contribution in [-0.4, -0.2) is 67.9 Å². The van der Waals surface area contributed by atoms with Gasteiger partial charge >= 0.3 is 6.09 Å². The topological polar surface area (TPSA) is 124 Å². The van der Waals surface area contributed by atoms with E-state index in [9.17, 15) is 9.59 Å². The van der Waals surface area contributed by atoms with Gasteiger partial charge < -0.3 is 14.8 Å². The van der Waals surface area contributed by atoms with Crippen molar-refractivity contribution < 1.29 is 19.1 Å². The number of carbonyl (C=O) groups excluding carboxylic acids is 2. The third kappa shape index (κ3) is 3.77. The number of anilines is 1. The molecular formula is C23H25N7O4. The minimum Gasteiger partial charge on any atom is -0.439 e. The van der Waals surface area contributed by atoms with Gasteiger partial charge in [-0.2, -0.15) is 0 Å². The molecule has 0 unspecified atom stereocenters. The Labute approximate surface area is 195 Å². The van der Waals surface area contributed by atoms with Crippen LogP contribution in [0.25, 0.3) is 11.2 Å². The van der Waals surface area contributed by atoms with Crippen molar-refractivity contribution in [1.82, 2.24) is 24.4 Å². The van der Waals surface area contributed by atoms with E-state index in [4.69, 9.17) is 9.47 Å². The summed E-state index contributed by atoms with van der Waals surface area (Å²) >= 11 is 0. The second-order valence-corrected chi connectivity index (χ2v) is 8.61. The van der Waals surface area contributed by atoms with E-state index in [2.05, 4.69) is 32.0 Å². The monoisotopic (exact) mass is 463 g/mol. The lowest BCUT2D eigenvalue weighted by Crippen LogP contribution is -2.42. The molecule has 2 aliphatic rings. The van der Waals surface area contributed by atoms with Crippen molar-refractivity contribution >= 4 is 35.7 Å². The number of nitrogens with zero attached hydrogens (tertiary/aromatic N) is 6. The summed E-state index contributed by atoms with van der Waals surface area (Å²) in [5.74, 6) is -0.0766. The van der Waals surface area contributed by atoms with E-state index in [1.54, 1.807) is 29.6 Å². The molecule has 0 bridgehead atoms. The summed E-state index contributed by atoms with van der Waals surface area (Å²) in [5, 5.41) is 2.78. The van der Waals surface area contributed by atoms with Gasteiger partial charge in [-0.1, -0.05) is 44.2 Å². The van der Waals surface area contributed by atoms with Gasteiger partial charge in [-0.15, -0.1) is 0 Å². The Morgan fingerprint density at radius 3 is 2.76 bits per heavy atom. The maximum Gasteiger partial charge on any atom is 0.411 e. The van der Waals surface area contributed by atoms with Crippen molar-refractivity contribution in [1.29, 1.82) is 0 Å². The number of aromatic nitrogens is 4. The summed E-state index contributed by atoms with van der Waals surface area (Å²) in [6.45, 7) is 7.89. The van der Waals surface area contributed by atoms with Crippen molar-refractivity contribution in [3.63, 3.8) is 0 Å². The molecule has 2 saturated heterocycles. The van der Waals surface area contributed by atoms with Crippen LogP contribution in [-0.2, 0) is 20.8 Å². The van der Waals surface area contributed by atoms with Gasteiger partial charge in [-0.25, -0.2) is 19.7 Å². The highest BCUT2D eigenvalue weighted by Gasteiger charge is 2.57. The van der Waals surface area contributed by atoms with Crippen LogP contribution >= 0.6 is 0 Å². The Hall–Kier alpha value is -3.86. The summed E-state index contributed by atoms with van der Waals surface area (Å²) in [6.07, 6.45) is 0.823. The number of fused-ring (bicyclic) bond motifs is 2. The van der Waals surface area contributed by atoms with E-state index in [-0.39, 0.29) is 17.9 Å². The Morgan fingerprint density at radius 2 is 2.03 bits per heavy atom. The summed E-state index contributed by atoms with van der Waals surface area (Å²) in [6, 6.07) is 9.35. The lowest BCUT2D eigenvalue weighted by molar-refractivity contribution is -0.118. The highest BCUT2D eigenvalue weighted by molar-refractivity contribution is 5.97. The van der Waals surface area contributed by atoms with Gasteiger partial charge in [-0.05, 0) is 12.3 Å². The van der Waals surface area contributed by atoms with Gasteiger partial charge in [-0.3, -0.25) is 19.3 Å². The van der Waals surface area contributed by atoms with E-state index >= 15 is 0 Å². The van der Waals surface area contributed by atoms with Gasteiger partial charge in [0.25, 0.3) is 0 Å². The number of amides is 2. The quantitative estimate of drug-likeness (QED) is 0.534. The standard InChI is InChI=1S/C23H25N7O4/c1-13(2)21(31)28-19-16-20(26-11-25-19)30(12-27-16)22-18-17(15(33-22)9-24-3)29(23(32)34-18)10-14-7-5-4-6-8-14/h4-8,11-13,15,17-18,22H,3,9-10H2,1-2H3,(H,25,26,28,31)/t15-,17-,18-,22-/m1/s1. The summed E-state index contributed by atoms with van der Waals surface area (Å²) in [4.78, 5) is 43.7. The van der Waals surface area contributed by atoms with Crippen LogP contribution in [0.1, 0.15) is 25.6 Å². The number of imidazole rings is 1. The predicted molar refractivity (Wildman–Crippen MR) is 123 cm³/mol. The first-order valence-corrected chi connectivity index (χ1v) is 11.1. The average Bonchev–Trinajstić information content (AvgIpc) is 3.49. The van der Waals surface area contributed by atoms with Crippen LogP contribution < -0.4 is 5.32 Å². The predicted octanol–water partition coefficient (Wildman–Crippen LogP) is 2.41. The van der Waals surface area contributed by atoms with Crippen molar-refractivity contribution in [3.8, 4) is 0 Å². The Kier molecular flexibility index (Phi) is 5.70. The van der Waals surface area contributed by atoms with Gasteiger partial charge in [0, 0.05) is 12.5 Å². The fraction of sp³-hybridized carbons (Fsp3) is 0.391. The number of hydrogen-bond donors (Lipinski definition) is 1. The number of carbonyl (C=O) groups is 2. The van der Waals surface area contributed by atoms with E-state index in [0.29, 0.717) is 30.1 Å². The number of rotatable bonds is 7. The van der Waals surface area contributed by atoms with Gasteiger partial charge in [0.1, 0.15) is 18.5 Å². The van der Waals surface area contributed by atoms with Crippen LogP contribution in [0.2, 0.25) is 0 Å². The van der Waals surface area contributed by atoms with E-state index < -0.39 is 24.5 Å². The summed E-state index contributed by atoms with van der Waals surface area (Å²) < 4.78 is 13.8. The first kappa shape index (κ1) is 22.0. The van der Waals surface area contributed by atoms with Gasteiger partial charge in [0.05, 0.1) is 12.9 Å². The maximum atomic E-state index is 12.9. The van der Waals surface area contributed by atoms with Crippen molar-refractivity contribution in [2.45, 2.75) is 44.9 Å². The number of hydrogen-bond acceptors (Lipinski definition) is 8. The molecule has 0 radical (unpaired) electrons. The molecule has 2 aromatic heterocycles. The minimum absolute atomic E-state index is 0.176. The summed E-state index contributed by atoms with van der Waals surface area (Å²) in [5.41, 5.74) is 1.87. The van der Waals surface area contributed by atoms with E-state index in [1.165, 1.54) is 6.33 Å². The van der Waals surface area contributed by atoms with Crippen LogP contribution in [0.4, 0.5) is 10.6 Å². The molecule has 34 heavy (non-hydrogen) atoms. The molecule has 176 valence electrons. The summed E-state index contributed by atoms with van der Waals surface area (Å²) in [7, 11) is 0. The lowest BCUT2D eigenvalue weighted by atomic mass is 10.1. The molecule has 4 atom stereocenters. The highest BCUT2D eigenvalue weighted by Crippen LogP contribution is 2.41. The Morgan fingerprint density at radius 1 is 1.24 bits per heavy atom. The largest absolute Gasteiger partial charge is 0.439 e. The zero-order valence-electron chi connectivity index (χ0n) is 18.9. The fourth-order valence-corrected chi connectivity index (χ4v) is 4.37. The maximum absolute atomic E-state index is 12.9. The van der Waals surface area contributed by atoms with Crippen LogP contribution in [0.3, 0.4) is 0 Å². The third-order valence-corrected chi connectivity index (χ3v) is 6.05. The minimum atomic E-state index is -0.671. The number of ether oxygens (including phenoxy) is 2. The molecule has 0 aliphatic carbocycles. The molecule has 4 heterocycles. The second kappa shape index (κ2) is 8.82. The molecule has 1 N–H and O–H groups in total. The molecular weight excluding hydrogens is 438 g/mol. The molecule has 2 fully saturated rings. The first-order valence-electron chi connectivity index (χ1n) is 11.1. The molecule has 0 spiro atoms. The zero-order chi connectivity index (χ0) is 23.8. The lowest BCUT2D eigenvalue weighted by Gasteiger charge is -2.24. The second-order valence-electron chi connectivity index (χ2n) is 8.61. The van der Waals surface area contributed by atoms with Crippen LogP contribution in [0, 0.1) is 5.92 Å². The molecule has 3 aromatic rings. The molecule has 2 amide bonds. The smallest absolute Gasteiger partial charge is 0.411 e. The zero-order valence-corrected chi connectivity index (χ0v) is 18.9. The van der Waals surface area contributed by atoms with Gasteiger partial charge in [0.15, 0.2) is 29.3 Å². The molecule has 0 saturated carbocycles. The molecule has 11 nitrogen and oxygen atoms in total. The Bertz CT molecular complexity index is 1230. The van der Waals surface area contributed by atoms with Crippen molar-refractivity contribution in [3.05, 3.63) is 48.5 Å². The van der Waals surface area contributed by atoms with E-state index in [1.807, 2.05) is 30.3 Å². The number of nitrogens with one attached hydrogen (secondary N) is 1. The van der Waals surface area contributed by atoms with Crippen LogP contribution in [0.15, 0.2) is 48.0 Å². The molecule has 5 rings (SSSR count). The SMILES string of the molecule is C=NC[C@H]1O[C@@H](n2cnc3c(NC(=O)C(C)C)ncnc32)[C@@H]2OC(=O)N(Cc3ccccc3)[C@@H]21. The van der Waals surface area contributed by atoms with Crippen molar-refractivity contribution in [2.75, 3.05) is 11.9 Å². The van der Waals surface area contributed by atoms with Crippen molar-refractivity contribution in [2.24, 2.45) is 10.9 Å². The fourth-order valence-electron chi connectivity index (χ4n) is 4.37. The Balaban J connectivity index is 1.47. The van der Waals surface area contributed by atoms with Gasteiger partial charge in [0.2, 0.25) is 5.91 Å². The van der Waals surface area contributed by atoms with Crippen LogP contribution in [0.5, 0.6) is 0 Å². The first-order chi connectivity index (χ1) is 16.5. The number of aliphatic imine (C=N–C) groups is 1. The molecule has 2 aliphatic heterocycles.